The number of halogens is 1. The van der Waals surface area contributed by atoms with Gasteiger partial charge in [-0.1, -0.05) is 17.8 Å². The maximum Gasteiger partial charge on any atom is 0.191 e. The topological polar surface area (TPSA) is 39.9 Å². The van der Waals surface area contributed by atoms with Crippen LogP contribution >= 0.6 is 11.8 Å². The quantitative estimate of drug-likeness (QED) is 0.602. The second-order valence-corrected chi connectivity index (χ2v) is 5.47. The van der Waals surface area contributed by atoms with E-state index in [0.717, 1.165) is 10.9 Å². The van der Waals surface area contributed by atoms with E-state index in [0.29, 0.717) is 18.4 Å². The van der Waals surface area contributed by atoms with E-state index in [-0.39, 0.29) is 5.82 Å². The summed E-state index contributed by atoms with van der Waals surface area (Å²) in [5.74, 6) is 1.05. The Balaban J connectivity index is 1.46. The number of thioether (sulfide) groups is 1. The maximum absolute atomic E-state index is 12.9. The fraction of sp³-hybridized carbons (Fsp3) is 0.385. The van der Waals surface area contributed by atoms with Crippen LogP contribution in [0.4, 0.5) is 4.39 Å². The van der Waals surface area contributed by atoms with Gasteiger partial charge in [0.05, 0.1) is 6.61 Å². The second kappa shape index (κ2) is 5.61. The van der Waals surface area contributed by atoms with Crippen LogP contribution in [0.3, 0.4) is 0 Å². The summed E-state index contributed by atoms with van der Waals surface area (Å²) in [5, 5.41) is 8.97. The first-order valence-corrected chi connectivity index (χ1v) is 7.22. The molecule has 19 heavy (non-hydrogen) atoms. The lowest BCUT2D eigenvalue weighted by atomic mass is 10.3. The molecule has 0 atom stereocenters. The third-order valence-electron chi connectivity index (χ3n) is 2.86. The first kappa shape index (κ1) is 12.5. The molecule has 1 saturated carbocycles. The van der Waals surface area contributed by atoms with Gasteiger partial charge in [-0.2, -0.15) is 0 Å². The van der Waals surface area contributed by atoms with Crippen molar-refractivity contribution in [2.45, 2.75) is 24.0 Å². The number of benzene rings is 1. The minimum absolute atomic E-state index is 0.279. The maximum atomic E-state index is 12.9. The van der Waals surface area contributed by atoms with Crippen molar-refractivity contribution in [2.24, 2.45) is 0 Å². The number of hydrogen-bond acceptors (Lipinski definition) is 4. The normalized spacial score (nSPS) is 14.6. The number of rotatable bonds is 6. The van der Waals surface area contributed by atoms with Gasteiger partial charge in [-0.15, -0.1) is 10.2 Å². The summed E-state index contributed by atoms with van der Waals surface area (Å²) in [5.41, 5.74) is 0. The molecular formula is C13H14FN3OS. The molecule has 0 spiro atoms. The van der Waals surface area contributed by atoms with Crippen LogP contribution in [-0.4, -0.2) is 27.1 Å². The van der Waals surface area contributed by atoms with Crippen LogP contribution in [-0.2, 0) is 0 Å². The van der Waals surface area contributed by atoms with Crippen LogP contribution in [0.25, 0.3) is 0 Å². The lowest BCUT2D eigenvalue weighted by Crippen LogP contribution is -2.02. The Morgan fingerprint density at radius 3 is 3.11 bits per heavy atom. The van der Waals surface area contributed by atoms with E-state index in [1.54, 1.807) is 30.2 Å². The third-order valence-corrected chi connectivity index (χ3v) is 3.78. The van der Waals surface area contributed by atoms with E-state index >= 15 is 0 Å². The molecule has 0 radical (unpaired) electrons. The third kappa shape index (κ3) is 3.26. The minimum Gasteiger partial charge on any atom is -0.493 e. The molecule has 1 aromatic carbocycles. The first-order valence-electron chi connectivity index (χ1n) is 6.23. The SMILES string of the molecule is Fc1cccc(OCCSc2nncn2C2CC2)c1. The molecule has 2 aromatic rings. The number of aromatic nitrogens is 3. The standard InChI is InChI=1S/C13H14FN3OS/c14-10-2-1-3-12(8-10)18-6-7-19-13-16-15-9-17(13)11-4-5-11/h1-3,8-9,11H,4-7H2. The zero-order chi connectivity index (χ0) is 13.1. The summed E-state index contributed by atoms with van der Waals surface area (Å²) in [6.45, 7) is 0.519. The number of nitrogens with zero attached hydrogens (tertiary/aromatic N) is 3. The second-order valence-electron chi connectivity index (χ2n) is 4.41. The average Bonchev–Trinajstić information content (AvgIpc) is 3.14. The predicted molar refractivity (Wildman–Crippen MR) is 70.9 cm³/mol. The van der Waals surface area contributed by atoms with Gasteiger partial charge in [0, 0.05) is 17.9 Å². The van der Waals surface area contributed by atoms with Gasteiger partial charge < -0.3 is 9.30 Å². The molecule has 0 bridgehead atoms. The predicted octanol–water partition coefficient (Wildman–Crippen LogP) is 2.92. The van der Waals surface area contributed by atoms with Crippen molar-refractivity contribution < 1.29 is 9.13 Å². The molecule has 0 N–H and O–H groups in total. The summed E-state index contributed by atoms with van der Waals surface area (Å²) < 4.78 is 20.5. The van der Waals surface area contributed by atoms with E-state index in [1.165, 1.54) is 25.0 Å². The van der Waals surface area contributed by atoms with Crippen molar-refractivity contribution in [3.05, 3.63) is 36.4 Å². The Morgan fingerprint density at radius 2 is 2.32 bits per heavy atom. The highest BCUT2D eigenvalue weighted by atomic mass is 32.2. The molecule has 0 saturated heterocycles. The van der Waals surface area contributed by atoms with Crippen LogP contribution in [0.5, 0.6) is 5.75 Å². The van der Waals surface area contributed by atoms with Gasteiger partial charge in [-0.3, -0.25) is 0 Å². The zero-order valence-electron chi connectivity index (χ0n) is 10.3. The molecule has 1 aromatic heterocycles. The fourth-order valence-electron chi connectivity index (χ4n) is 1.79. The van der Waals surface area contributed by atoms with Crippen LogP contribution in [0, 0.1) is 5.82 Å². The highest BCUT2D eigenvalue weighted by Crippen LogP contribution is 2.37. The molecule has 3 rings (SSSR count). The van der Waals surface area contributed by atoms with Crippen molar-refractivity contribution >= 4 is 11.8 Å². The van der Waals surface area contributed by atoms with Crippen LogP contribution in [0.1, 0.15) is 18.9 Å². The zero-order valence-corrected chi connectivity index (χ0v) is 11.1. The van der Waals surface area contributed by atoms with E-state index in [9.17, 15) is 4.39 Å². The van der Waals surface area contributed by atoms with Crippen LogP contribution in [0.2, 0.25) is 0 Å². The molecule has 0 amide bonds. The van der Waals surface area contributed by atoms with Gasteiger partial charge in [0.2, 0.25) is 0 Å². The molecule has 1 fully saturated rings. The van der Waals surface area contributed by atoms with Crippen molar-refractivity contribution in [1.82, 2.24) is 14.8 Å². The van der Waals surface area contributed by atoms with E-state index < -0.39 is 0 Å². The minimum atomic E-state index is -0.279. The number of hydrogen-bond donors (Lipinski definition) is 0. The molecule has 100 valence electrons. The van der Waals surface area contributed by atoms with Crippen molar-refractivity contribution in [3.8, 4) is 5.75 Å². The Bertz CT molecular complexity index is 556. The van der Waals surface area contributed by atoms with Gasteiger partial charge in [-0.25, -0.2) is 4.39 Å². The lowest BCUT2D eigenvalue weighted by molar-refractivity contribution is 0.341. The largest absolute Gasteiger partial charge is 0.493 e. The van der Waals surface area contributed by atoms with Crippen molar-refractivity contribution in [2.75, 3.05) is 12.4 Å². The van der Waals surface area contributed by atoms with Crippen molar-refractivity contribution in [1.29, 1.82) is 0 Å². The molecule has 1 aliphatic rings. The van der Waals surface area contributed by atoms with E-state index in [4.69, 9.17) is 4.74 Å². The van der Waals surface area contributed by atoms with Gasteiger partial charge >= 0.3 is 0 Å². The molecule has 0 aliphatic heterocycles. The van der Waals surface area contributed by atoms with E-state index in [2.05, 4.69) is 14.8 Å². The fourth-order valence-corrected chi connectivity index (χ4v) is 2.59. The molecule has 4 nitrogen and oxygen atoms in total. The van der Waals surface area contributed by atoms with Gasteiger partial charge in [0.1, 0.15) is 17.9 Å². The highest BCUT2D eigenvalue weighted by molar-refractivity contribution is 7.99. The Hall–Kier alpha value is -1.56. The summed E-state index contributed by atoms with van der Waals surface area (Å²) in [4.78, 5) is 0. The summed E-state index contributed by atoms with van der Waals surface area (Å²) in [6, 6.07) is 6.76. The summed E-state index contributed by atoms with van der Waals surface area (Å²) in [6.07, 6.45) is 4.21. The van der Waals surface area contributed by atoms with Crippen LogP contribution < -0.4 is 4.74 Å². The Labute approximate surface area is 115 Å². The highest BCUT2D eigenvalue weighted by Gasteiger charge is 2.26. The Morgan fingerprint density at radius 1 is 1.42 bits per heavy atom. The molecule has 1 aliphatic carbocycles. The summed E-state index contributed by atoms with van der Waals surface area (Å²) in [7, 11) is 0. The van der Waals surface area contributed by atoms with E-state index in [1.807, 2.05) is 0 Å². The van der Waals surface area contributed by atoms with Crippen LogP contribution in [0.15, 0.2) is 35.7 Å². The molecular weight excluding hydrogens is 265 g/mol. The van der Waals surface area contributed by atoms with Gasteiger partial charge in [-0.05, 0) is 25.0 Å². The molecule has 6 heteroatoms. The molecule has 0 unspecified atom stereocenters. The Kier molecular flexibility index (Phi) is 3.68. The average molecular weight is 279 g/mol. The monoisotopic (exact) mass is 279 g/mol. The smallest absolute Gasteiger partial charge is 0.191 e. The lowest BCUT2D eigenvalue weighted by Gasteiger charge is -2.06. The summed E-state index contributed by atoms with van der Waals surface area (Å²) >= 11 is 1.62. The van der Waals surface area contributed by atoms with Gasteiger partial charge in [0.25, 0.3) is 0 Å². The first-order chi connectivity index (χ1) is 9.33. The van der Waals surface area contributed by atoms with Gasteiger partial charge in [0.15, 0.2) is 5.16 Å². The number of ether oxygens (including phenoxy) is 1. The molecule has 1 heterocycles. The van der Waals surface area contributed by atoms with Crippen molar-refractivity contribution in [3.63, 3.8) is 0 Å².